The molecule has 0 saturated carbocycles. The predicted molar refractivity (Wildman–Crippen MR) is 44.9 cm³/mol. The number of nitrogens with two attached hydrogens (primary N) is 1. The lowest BCUT2D eigenvalue weighted by molar-refractivity contribution is -0.384. The molecule has 0 aromatic carbocycles. The third-order valence-electron chi connectivity index (χ3n) is 1.40. The predicted octanol–water partition coefficient (Wildman–Crippen LogP) is 0.614. The van der Waals surface area contributed by atoms with Gasteiger partial charge in [-0.15, -0.1) is 0 Å². The van der Waals surface area contributed by atoms with Gasteiger partial charge in [0.2, 0.25) is 0 Å². The summed E-state index contributed by atoms with van der Waals surface area (Å²) in [5.41, 5.74) is 5.90. The molecule has 0 unspecified atom stereocenters. The number of rotatable bonds is 2. The van der Waals surface area contributed by atoms with E-state index in [9.17, 15) is 10.1 Å². The van der Waals surface area contributed by atoms with E-state index >= 15 is 0 Å². The van der Waals surface area contributed by atoms with Crippen molar-refractivity contribution >= 4 is 17.1 Å². The molecule has 0 saturated heterocycles. The number of nitro groups is 1. The van der Waals surface area contributed by atoms with Crippen LogP contribution in [-0.4, -0.2) is 17.0 Å². The Kier molecular flexibility index (Phi) is 2.09. The van der Waals surface area contributed by atoms with Gasteiger partial charge in [0.25, 0.3) is 0 Å². The first kappa shape index (κ1) is 8.25. The first-order chi connectivity index (χ1) is 5.66. The standard InChI is InChI=1S/C6H8N4O2/c1-8-6-4(7)2-9-3-5(6)10(11)12/h2-3H,7H2,1H3,(H,8,9). The maximum atomic E-state index is 10.4. The van der Waals surface area contributed by atoms with Crippen molar-refractivity contribution in [2.75, 3.05) is 18.1 Å². The second-order valence-electron chi connectivity index (χ2n) is 2.13. The zero-order valence-corrected chi connectivity index (χ0v) is 6.44. The van der Waals surface area contributed by atoms with Gasteiger partial charge >= 0.3 is 5.69 Å². The van der Waals surface area contributed by atoms with E-state index < -0.39 is 4.92 Å². The highest BCUT2D eigenvalue weighted by atomic mass is 16.6. The van der Waals surface area contributed by atoms with Gasteiger partial charge in [0.05, 0.1) is 16.8 Å². The molecular formula is C6H8N4O2. The van der Waals surface area contributed by atoms with E-state index in [2.05, 4.69) is 10.3 Å². The largest absolute Gasteiger partial charge is 0.396 e. The highest BCUT2D eigenvalue weighted by Crippen LogP contribution is 2.27. The van der Waals surface area contributed by atoms with Gasteiger partial charge in [-0.3, -0.25) is 15.1 Å². The first-order valence-corrected chi connectivity index (χ1v) is 3.22. The fourth-order valence-corrected chi connectivity index (χ4v) is 0.876. The number of aromatic nitrogens is 1. The Hall–Kier alpha value is -1.85. The fourth-order valence-electron chi connectivity index (χ4n) is 0.876. The summed E-state index contributed by atoms with van der Waals surface area (Å²) in [6.45, 7) is 0. The molecule has 1 rings (SSSR count). The molecule has 6 nitrogen and oxygen atoms in total. The summed E-state index contributed by atoms with van der Waals surface area (Å²) >= 11 is 0. The fraction of sp³-hybridized carbons (Fsp3) is 0.167. The summed E-state index contributed by atoms with van der Waals surface area (Å²) in [6.07, 6.45) is 2.51. The minimum atomic E-state index is -0.533. The Labute approximate surface area is 68.6 Å². The second kappa shape index (κ2) is 3.04. The highest BCUT2D eigenvalue weighted by molar-refractivity contribution is 5.74. The normalized spacial score (nSPS) is 9.42. The summed E-state index contributed by atoms with van der Waals surface area (Å²) in [7, 11) is 1.57. The van der Waals surface area contributed by atoms with Crippen LogP contribution >= 0.6 is 0 Å². The van der Waals surface area contributed by atoms with Gasteiger partial charge in [0.15, 0.2) is 0 Å². The van der Waals surface area contributed by atoms with Crippen LogP contribution in [0.4, 0.5) is 17.1 Å². The average molecular weight is 168 g/mol. The maximum Gasteiger partial charge on any atom is 0.312 e. The van der Waals surface area contributed by atoms with E-state index in [-0.39, 0.29) is 11.4 Å². The van der Waals surface area contributed by atoms with E-state index in [0.717, 1.165) is 6.20 Å². The van der Waals surface area contributed by atoms with Gasteiger partial charge in [-0.2, -0.15) is 0 Å². The number of pyridine rings is 1. The van der Waals surface area contributed by atoms with E-state index in [0.29, 0.717) is 5.69 Å². The Morgan fingerprint density at radius 3 is 2.75 bits per heavy atom. The number of nitrogens with zero attached hydrogens (tertiary/aromatic N) is 2. The molecule has 0 spiro atoms. The molecule has 12 heavy (non-hydrogen) atoms. The van der Waals surface area contributed by atoms with Crippen molar-refractivity contribution in [2.24, 2.45) is 0 Å². The topological polar surface area (TPSA) is 94.1 Å². The molecule has 0 bridgehead atoms. The zero-order valence-electron chi connectivity index (χ0n) is 6.44. The van der Waals surface area contributed by atoms with Crippen molar-refractivity contribution < 1.29 is 4.92 Å². The molecule has 0 atom stereocenters. The molecule has 6 heteroatoms. The van der Waals surface area contributed by atoms with E-state index in [1.165, 1.54) is 6.20 Å². The molecule has 3 N–H and O–H groups in total. The molecule has 1 aromatic rings. The van der Waals surface area contributed by atoms with Crippen molar-refractivity contribution in [2.45, 2.75) is 0 Å². The molecule has 0 aliphatic heterocycles. The van der Waals surface area contributed by atoms with Crippen LogP contribution in [0.3, 0.4) is 0 Å². The number of anilines is 2. The third-order valence-corrected chi connectivity index (χ3v) is 1.40. The average Bonchev–Trinajstić information content (AvgIpc) is 2.03. The maximum absolute atomic E-state index is 10.4. The van der Waals surface area contributed by atoms with Crippen LogP contribution in [0.2, 0.25) is 0 Å². The zero-order chi connectivity index (χ0) is 9.14. The van der Waals surface area contributed by atoms with Gasteiger partial charge in [0, 0.05) is 7.05 Å². The van der Waals surface area contributed by atoms with Gasteiger partial charge in [-0.1, -0.05) is 0 Å². The summed E-state index contributed by atoms with van der Waals surface area (Å²) in [5, 5.41) is 13.0. The minimum Gasteiger partial charge on any atom is -0.396 e. The number of hydrogen-bond donors (Lipinski definition) is 2. The van der Waals surface area contributed by atoms with Gasteiger partial charge in [0.1, 0.15) is 11.9 Å². The first-order valence-electron chi connectivity index (χ1n) is 3.22. The molecule has 0 radical (unpaired) electrons. The van der Waals surface area contributed by atoms with Crippen LogP contribution in [-0.2, 0) is 0 Å². The number of hydrogen-bond acceptors (Lipinski definition) is 5. The summed E-state index contributed by atoms with van der Waals surface area (Å²) < 4.78 is 0. The van der Waals surface area contributed by atoms with Crippen LogP contribution < -0.4 is 11.1 Å². The molecule has 0 fully saturated rings. The molecular weight excluding hydrogens is 160 g/mol. The third kappa shape index (κ3) is 1.26. The van der Waals surface area contributed by atoms with Crippen molar-refractivity contribution in [3.63, 3.8) is 0 Å². The van der Waals surface area contributed by atoms with Crippen molar-refractivity contribution in [3.05, 3.63) is 22.5 Å². The second-order valence-corrected chi connectivity index (χ2v) is 2.13. The number of nitrogens with one attached hydrogen (secondary N) is 1. The van der Waals surface area contributed by atoms with Gasteiger partial charge in [-0.25, -0.2) is 0 Å². The van der Waals surface area contributed by atoms with E-state index in [1.54, 1.807) is 7.05 Å². The van der Waals surface area contributed by atoms with Crippen LogP contribution in [0.5, 0.6) is 0 Å². The van der Waals surface area contributed by atoms with E-state index in [4.69, 9.17) is 5.73 Å². The quantitative estimate of drug-likeness (QED) is 0.498. The highest BCUT2D eigenvalue weighted by Gasteiger charge is 2.14. The lowest BCUT2D eigenvalue weighted by atomic mass is 10.3. The Morgan fingerprint density at radius 2 is 2.33 bits per heavy atom. The minimum absolute atomic E-state index is 0.113. The molecule has 1 aromatic heterocycles. The summed E-state index contributed by atoms with van der Waals surface area (Å²) in [4.78, 5) is 13.5. The molecule has 0 aliphatic rings. The summed E-state index contributed by atoms with van der Waals surface area (Å²) in [5.74, 6) is 0. The van der Waals surface area contributed by atoms with Crippen LogP contribution in [0.15, 0.2) is 12.4 Å². The van der Waals surface area contributed by atoms with Crippen LogP contribution in [0.25, 0.3) is 0 Å². The van der Waals surface area contributed by atoms with Crippen molar-refractivity contribution in [1.82, 2.24) is 4.98 Å². The molecule has 64 valence electrons. The van der Waals surface area contributed by atoms with Gasteiger partial charge in [-0.05, 0) is 0 Å². The number of nitrogen functional groups attached to an aromatic ring is 1. The SMILES string of the molecule is CNc1c(N)cncc1[N+](=O)[O-]. The van der Waals surface area contributed by atoms with Crippen LogP contribution in [0, 0.1) is 10.1 Å². The molecule has 0 aliphatic carbocycles. The molecule has 1 heterocycles. The smallest absolute Gasteiger partial charge is 0.312 e. The Morgan fingerprint density at radius 1 is 1.67 bits per heavy atom. The monoisotopic (exact) mass is 168 g/mol. The van der Waals surface area contributed by atoms with Crippen LogP contribution in [0.1, 0.15) is 0 Å². The van der Waals surface area contributed by atoms with Crippen molar-refractivity contribution in [1.29, 1.82) is 0 Å². The lowest BCUT2D eigenvalue weighted by Crippen LogP contribution is -2.01. The Balaban J connectivity index is 3.27. The summed E-state index contributed by atoms with van der Waals surface area (Å²) in [6, 6.07) is 0. The van der Waals surface area contributed by atoms with Gasteiger partial charge < -0.3 is 11.1 Å². The van der Waals surface area contributed by atoms with E-state index in [1.807, 2.05) is 0 Å². The Bertz CT molecular complexity index is 312. The molecule has 0 amide bonds. The van der Waals surface area contributed by atoms with Crippen molar-refractivity contribution in [3.8, 4) is 0 Å². The lowest BCUT2D eigenvalue weighted by Gasteiger charge is -2.03.